The van der Waals surface area contributed by atoms with Crippen molar-refractivity contribution >= 4 is 0 Å². The fraction of sp³-hybridized carbons (Fsp3) is 1.00. The first-order valence-electron chi connectivity index (χ1n) is 5.09. The highest BCUT2D eigenvalue weighted by Crippen LogP contribution is 2.18. The molecule has 2 unspecified atom stereocenters. The van der Waals surface area contributed by atoms with Gasteiger partial charge in [0.1, 0.15) is 0 Å². The maximum absolute atomic E-state index is 8.90. The Labute approximate surface area is 76.4 Å². The topological polar surface area (TPSA) is 32.3 Å². The third kappa shape index (κ3) is 4.07. The zero-order valence-corrected chi connectivity index (χ0v) is 8.80. The van der Waals surface area contributed by atoms with Crippen LogP contribution in [0.4, 0.5) is 0 Å². The van der Waals surface area contributed by atoms with E-state index < -0.39 is 0 Å². The lowest BCUT2D eigenvalue weighted by molar-refractivity contribution is 0.160. The van der Waals surface area contributed by atoms with E-state index in [1.165, 1.54) is 0 Å². The fourth-order valence-corrected chi connectivity index (χ4v) is 1.87. The summed E-state index contributed by atoms with van der Waals surface area (Å²) in [6.45, 7) is 8.72. The molecule has 2 atom stereocenters. The Balaban J connectivity index is 0.000000561. The van der Waals surface area contributed by atoms with E-state index >= 15 is 0 Å². The molecule has 1 heterocycles. The van der Waals surface area contributed by atoms with E-state index in [1.807, 2.05) is 13.8 Å². The third-order valence-electron chi connectivity index (χ3n) is 2.20. The van der Waals surface area contributed by atoms with Crippen LogP contribution in [0.3, 0.4) is 0 Å². The number of piperidine rings is 1. The summed E-state index contributed by atoms with van der Waals surface area (Å²) < 4.78 is 0. The minimum Gasteiger partial charge on any atom is -0.396 e. The highest BCUT2D eigenvalue weighted by molar-refractivity contribution is 4.79. The number of aliphatic hydroxyl groups excluding tert-OH is 1. The zero-order chi connectivity index (χ0) is 9.56. The summed E-state index contributed by atoms with van der Waals surface area (Å²) in [5.41, 5.74) is 0. The van der Waals surface area contributed by atoms with Crippen molar-refractivity contribution in [2.75, 3.05) is 6.61 Å². The van der Waals surface area contributed by atoms with E-state index in [1.54, 1.807) is 0 Å². The molecule has 0 aromatic heterocycles. The minimum atomic E-state index is 0.358. The molecule has 0 aromatic carbocycles. The first-order valence-corrected chi connectivity index (χ1v) is 5.09. The van der Waals surface area contributed by atoms with Crippen molar-refractivity contribution < 1.29 is 5.11 Å². The van der Waals surface area contributed by atoms with Crippen LogP contribution in [0, 0.1) is 5.92 Å². The van der Waals surface area contributed by atoms with Gasteiger partial charge in [0.2, 0.25) is 0 Å². The van der Waals surface area contributed by atoms with Crippen LogP contribution in [-0.4, -0.2) is 23.8 Å². The summed E-state index contributed by atoms with van der Waals surface area (Å²) in [6, 6.07) is 1.17. The second-order valence-electron chi connectivity index (χ2n) is 3.49. The molecule has 0 amide bonds. The summed E-state index contributed by atoms with van der Waals surface area (Å²) in [7, 11) is 0. The van der Waals surface area contributed by atoms with Gasteiger partial charge >= 0.3 is 0 Å². The average Bonchev–Trinajstić information content (AvgIpc) is 2.06. The van der Waals surface area contributed by atoms with Gasteiger partial charge in [-0.2, -0.15) is 0 Å². The highest BCUT2D eigenvalue weighted by Gasteiger charge is 2.21. The summed E-state index contributed by atoms with van der Waals surface area (Å²) in [5, 5.41) is 12.3. The normalized spacial score (nSPS) is 35.2. The highest BCUT2D eigenvalue weighted by atomic mass is 16.3. The largest absolute Gasteiger partial charge is 0.396 e. The van der Waals surface area contributed by atoms with Crippen LogP contribution >= 0.6 is 0 Å². The van der Waals surface area contributed by atoms with Gasteiger partial charge in [0, 0.05) is 18.7 Å². The molecule has 74 valence electrons. The van der Waals surface area contributed by atoms with E-state index in [0.717, 1.165) is 12.8 Å². The van der Waals surface area contributed by atoms with E-state index in [0.29, 0.717) is 24.6 Å². The number of aliphatic hydroxyl groups is 1. The van der Waals surface area contributed by atoms with Gasteiger partial charge in [-0.05, 0) is 32.6 Å². The van der Waals surface area contributed by atoms with Crippen LogP contribution in [0.5, 0.6) is 0 Å². The Morgan fingerprint density at radius 2 is 1.58 bits per heavy atom. The Bertz CT molecular complexity index is 96.0. The molecule has 1 saturated heterocycles. The SMILES string of the molecule is CC.CC1CC(CO)CC(C)N1. The molecule has 0 radical (unpaired) electrons. The second kappa shape index (κ2) is 6.44. The molecular weight excluding hydrogens is 150 g/mol. The second-order valence-corrected chi connectivity index (χ2v) is 3.49. The standard InChI is InChI=1S/C8H17NO.C2H6/c1-6-3-8(5-10)4-7(2)9-6;1-2/h6-10H,3-5H2,1-2H3;1-2H3. The molecule has 0 spiro atoms. The van der Waals surface area contributed by atoms with Crippen LogP contribution < -0.4 is 5.32 Å². The first kappa shape index (κ1) is 11.9. The van der Waals surface area contributed by atoms with Crippen molar-refractivity contribution in [2.24, 2.45) is 5.92 Å². The van der Waals surface area contributed by atoms with E-state index in [9.17, 15) is 0 Å². The molecule has 1 rings (SSSR count). The molecule has 0 aliphatic carbocycles. The lowest BCUT2D eigenvalue weighted by Gasteiger charge is -2.31. The summed E-state index contributed by atoms with van der Waals surface area (Å²) >= 11 is 0. The van der Waals surface area contributed by atoms with Crippen molar-refractivity contribution in [1.82, 2.24) is 5.32 Å². The molecule has 0 aromatic rings. The maximum atomic E-state index is 8.90. The average molecular weight is 173 g/mol. The van der Waals surface area contributed by atoms with Crippen molar-refractivity contribution in [1.29, 1.82) is 0 Å². The van der Waals surface area contributed by atoms with Gasteiger partial charge in [0.25, 0.3) is 0 Å². The predicted octanol–water partition coefficient (Wildman–Crippen LogP) is 1.78. The van der Waals surface area contributed by atoms with E-state index in [2.05, 4.69) is 19.2 Å². The van der Waals surface area contributed by atoms with Crippen LogP contribution in [0.15, 0.2) is 0 Å². The Kier molecular flexibility index (Phi) is 6.39. The lowest BCUT2D eigenvalue weighted by atomic mass is 9.90. The summed E-state index contributed by atoms with van der Waals surface area (Å²) in [6.07, 6.45) is 2.25. The molecule has 2 N–H and O–H groups in total. The van der Waals surface area contributed by atoms with Crippen molar-refractivity contribution in [3.63, 3.8) is 0 Å². The molecule has 0 bridgehead atoms. The van der Waals surface area contributed by atoms with Gasteiger partial charge in [-0.25, -0.2) is 0 Å². The molecule has 2 nitrogen and oxygen atoms in total. The Morgan fingerprint density at radius 3 is 1.92 bits per heavy atom. The monoisotopic (exact) mass is 173 g/mol. The number of hydrogen-bond donors (Lipinski definition) is 2. The number of nitrogens with one attached hydrogen (secondary N) is 1. The lowest BCUT2D eigenvalue weighted by Crippen LogP contribution is -2.43. The van der Waals surface area contributed by atoms with Gasteiger partial charge in [-0.3, -0.25) is 0 Å². The number of rotatable bonds is 1. The fourth-order valence-electron chi connectivity index (χ4n) is 1.87. The van der Waals surface area contributed by atoms with Gasteiger partial charge in [-0.15, -0.1) is 0 Å². The Hall–Kier alpha value is -0.0800. The molecule has 2 heteroatoms. The zero-order valence-electron chi connectivity index (χ0n) is 8.80. The van der Waals surface area contributed by atoms with E-state index in [4.69, 9.17) is 5.11 Å². The van der Waals surface area contributed by atoms with Crippen molar-refractivity contribution in [2.45, 2.75) is 52.6 Å². The molecule has 1 aliphatic rings. The van der Waals surface area contributed by atoms with Gasteiger partial charge in [-0.1, -0.05) is 13.8 Å². The maximum Gasteiger partial charge on any atom is 0.0460 e. The first-order chi connectivity index (χ1) is 5.72. The van der Waals surface area contributed by atoms with Crippen LogP contribution in [-0.2, 0) is 0 Å². The van der Waals surface area contributed by atoms with Crippen molar-refractivity contribution in [3.8, 4) is 0 Å². The quantitative estimate of drug-likeness (QED) is 0.633. The van der Waals surface area contributed by atoms with Gasteiger partial charge < -0.3 is 10.4 Å². The predicted molar refractivity (Wildman–Crippen MR) is 53.2 cm³/mol. The van der Waals surface area contributed by atoms with Gasteiger partial charge in [0.05, 0.1) is 0 Å². The minimum absolute atomic E-state index is 0.358. The van der Waals surface area contributed by atoms with E-state index in [-0.39, 0.29) is 0 Å². The van der Waals surface area contributed by atoms with Gasteiger partial charge in [0.15, 0.2) is 0 Å². The molecule has 1 aliphatic heterocycles. The molecule has 0 saturated carbocycles. The summed E-state index contributed by atoms with van der Waals surface area (Å²) in [5.74, 6) is 0.534. The van der Waals surface area contributed by atoms with Crippen LogP contribution in [0.2, 0.25) is 0 Å². The van der Waals surface area contributed by atoms with Crippen LogP contribution in [0.1, 0.15) is 40.5 Å². The molecular formula is C10H23NO. The Morgan fingerprint density at radius 1 is 1.17 bits per heavy atom. The van der Waals surface area contributed by atoms with Crippen LogP contribution in [0.25, 0.3) is 0 Å². The molecule has 1 fully saturated rings. The summed E-state index contributed by atoms with van der Waals surface area (Å²) in [4.78, 5) is 0. The smallest absolute Gasteiger partial charge is 0.0460 e. The number of hydrogen-bond acceptors (Lipinski definition) is 2. The van der Waals surface area contributed by atoms with Crippen molar-refractivity contribution in [3.05, 3.63) is 0 Å². The third-order valence-corrected chi connectivity index (χ3v) is 2.20. The molecule has 12 heavy (non-hydrogen) atoms.